The third kappa shape index (κ3) is 2.48. The maximum atomic E-state index is 10.8. The Morgan fingerprint density at radius 3 is 2.38 bits per heavy atom. The number of allylic oxidation sites excluding steroid dienone is 1. The summed E-state index contributed by atoms with van der Waals surface area (Å²) in [5.41, 5.74) is 1.42. The van der Waals surface area contributed by atoms with Crippen molar-refractivity contribution in [3.63, 3.8) is 0 Å². The molecule has 1 rings (SSSR count). The van der Waals surface area contributed by atoms with Gasteiger partial charge in [0.05, 0.1) is 0 Å². The summed E-state index contributed by atoms with van der Waals surface area (Å²) >= 11 is 0. The molecule has 0 saturated carbocycles. The number of hydrogen-bond donors (Lipinski definition) is 1. The molecule has 0 aliphatic carbocycles. The number of rotatable bonds is 3. The van der Waals surface area contributed by atoms with Gasteiger partial charge in [0, 0.05) is 5.92 Å². The van der Waals surface area contributed by atoms with Crippen LogP contribution in [0, 0.1) is 11.3 Å². The van der Waals surface area contributed by atoms with E-state index in [2.05, 4.69) is 0 Å². The monoisotopic (exact) mass is 215 g/mol. The first-order valence-electron chi connectivity index (χ1n) is 4.97. The van der Waals surface area contributed by atoms with E-state index in [1.54, 1.807) is 13.0 Å². The molecule has 0 amide bonds. The predicted molar refractivity (Wildman–Crippen MR) is 60.8 cm³/mol. The Morgan fingerprint density at radius 1 is 1.38 bits per heavy atom. The van der Waals surface area contributed by atoms with Gasteiger partial charge in [-0.25, -0.2) is 4.79 Å². The molecule has 0 saturated heterocycles. The van der Waals surface area contributed by atoms with E-state index >= 15 is 0 Å². The van der Waals surface area contributed by atoms with Crippen molar-refractivity contribution in [1.82, 2.24) is 0 Å². The number of carboxylic acid groups (broad SMARTS) is 1. The summed E-state index contributed by atoms with van der Waals surface area (Å²) in [6, 6.07) is 11.3. The van der Waals surface area contributed by atoms with E-state index in [9.17, 15) is 4.79 Å². The van der Waals surface area contributed by atoms with Crippen LogP contribution in [0.2, 0.25) is 0 Å². The van der Waals surface area contributed by atoms with Crippen LogP contribution < -0.4 is 0 Å². The molecule has 82 valence electrons. The molecular formula is C13H13NO2. The van der Waals surface area contributed by atoms with E-state index in [4.69, 9.17) is 10.4 Å². The number of benzene rings is 1. The summed E-state index contributed by atoms with van der Waals surface area (Å²) in [7, 11) is 0. The van der Waals surface area contributed by atoms with E-state index in [0.717, 1.165) is 5.56 Å². The van der Waals surface area contributed by atoms with Crippen LogP contribution in [-0.2, 0) is 4.79 Å². The molecule has 0 aliphatic heterocycles. The first kappa shape index (κ1) is 12.0. The summed E-state index contributed by atoms with van der Waals surface area (Å²) < 4.78 is 0. The lowest BCUT2D eigenvalue weighted by atomic mass is 9.91. The Labute approximate surface area is 94.6 Å². The molecule has 0 radical (unpaired) electrons. The molecule has 16 heavy (non-hydrogen) atoms. The summed E-state index contributed by atoms with van der Waals surface area (Å²) in [6.07, 6.45) is 0. The van der Waals surface area contributed by atoms with Gasteiger partial charge in [0.2, 0.25) is 0 Å². The number of aliphatic carboxylic acids is 1. The van der Waals surface area contributed by atoms with Crippen LogP contribution in [0.25, 0.3) is 0 Å². The topological polar surface area (TPSA) is 61.1 Å². The van der Waals surface area contributed by atoms with Gasteiger partial charge in [-0.1, -0.05) is 37.3 Å². The van der Waals surface area contributed by atoms with Gasteiger partial charge in [-0.15, -0.1) is 0 Å². The largest absolute Gasteiger partial charge is 0.477 e. The van der Waals surface area contributed by atoms with Crippen LogP contribution in [0.1, 0.15) is 25.3 Å². The molecular weight excluding hydrogens is 202 g/mol. The molecule has 1 unspecified atom stereocenters. The van der Waals surface area contributed by atoms with Crippen molar-refractivity contribution in [2.24, 2.45) is 0 Å². The third-order valence-corrected chi connectivity index (χ3v) is 2.67. The Bertz CT molecular complexity index is 455. The first-order chi connectivity index (χ1) is 7.57. The van der Waals surface area contributed by atoms with E-state index in [1.807, 2.05) is 37.3 Å². The number of carboxylic acids is 1. The minimum absolute atomic E-state index is 0.0630. The van der Waals surface area contributed by atoms with Gasteiger partial charge in [0.1, 0.15) is 11.6 Å². The van der Waals surface area contributed by atoms with E-state index in [0.29, 0.717) is 5.57 Å². The highest BCUT2D eigenvalue weighted by molar-refractivity contribution is 5.92. The zero-order valence-corrected chi connectivity index (χ0v) is 9.27. The lowest BCUT2D eigenvalue weighted by molar-refractivity contribution is -0.132. The lowest BCUT2D eigenvalue weighted by Gasteiger charge is -2.13. The van der Waals surface area contributed by atoms with Gasteiger partial charge < -0.3 is 5.11 Å². The van der Waals surface area contributed by atoms with Crippen molar-refractivity contribution in [3.8, 4) is 6.07 Å². The maximum Gasteiger partial charge on any atom is 0.346 e. The Morgan fingerprint density at radius 2 is 1.94 bits per heavy atom. The molecule has 1 aromatic carbocycles. The molecule has 0 fully saturated rings. The van der Waals surface area contributed by atoms with Gasteiger partial charge >= 0.3 is 5.97 Å². The van der Waals surface area contributed by atoms with Crippen molar-refractivity contribution < 1.29 is 9.90 Å². The normalized spacial score (nSPS) is 13.6. The van der Waals surface area contributed by atoms with Crippen molar-refractivity contribution in [2.75, 3.05) is 0 Å². The van der Waals surface area contributed by atoms with Gasteiger partial charge in [0.15, 0.2) is 0 Å². The van der Waals surface area contributed by atoms with E-state index < -0.39 is 5.97 Å². The summed E-state index contributed by atoms with van der Waals surface area (Å²) in [5.74, 6) is -1.23. The van der Waals surface area contributed by atoms with Gasteiger partial charge in [-0.2, -0.15) is 5.26 Å². The minimum Gasteiger partial charge on any atom is -0.477 e. The number of hydrogen-bond acceptors (Lipinski definition) is 2. The van der Waals surface area contributed by atoms with Crippen molar-refractivity contribution in [3.05, 3.63) is 47.0 Å². The Balaban J connectivity index is 3.12. The average Bonchev–Trinajstić information content (AvgIpc) is 2.29. The Kier molecular flexibility index (Phi) is 3.84. The molecule has 1 aromatic rings. The highest BCUT2D eigenvalue weighted by Crippen LogP contribution is 2.25. The quantitative estimate of drug-likeness (QED) is 0.623. The van der Waals surface area contributed by atoms with Crippen molar-refractivity contribution >= 4 is 5.97 Å². The van der Waals surface area contributed by atoms with Crippen LogP contribution in [-0.4, -0.2) is 11.1 Å². The molecule has 3 nitrogen and oxygen atoms in total. The number of nitriles is 1. The van der Waals surface area contributed by atoms with Crippen LogP contribution >= 0.6 is 0 Å². The first-order valence-corrected chi connectivity index (χ1v) is 4.97. The standard InChI is InChI=1S/C13H13NO2/c1-9(11-6-4-3-5-7-11)10(2)12(8-14)13(15)16/h3-7,9H,1-2H3,(H,15,16)/b12-10-. The highest BCUT2D eigenvalue weighted by Gasteiger charge is 2.16. The highest BCUT2D eigenvalue weighted by atomic mass is 16.4. The molecule has 0 heterocycles. The summed E-state index contributed by atoms with van der Waals surface area (Å²) in [6.45, 7) is 3.58. The second kappa shape index (κ2) is 5.13. The third-order valence-electron chi connectivity index (χ3n) is 2.67. The smallest absolute Gasteiger partial charge is 0.346 e. The van der Waals surface area contributed by atoms with E-state index in [1.165, 1.54) is 0 Å². The van der Waals surface area contributed by atoms with Crippen LogP contribution in [0.5, 0.6) is 0 Å². The van der Waals surface area contributed by atoms with Crippen LogP contribution in [0.15, 0.2) is 41.5 Å². The average molecular weight is 215 g/mol. The zero-order chi connectivity index (χ0) is 12.1. The summed E-state index contributed by atoms with van der Waals surface area (Å²) in [4.78, 5) is 10.8. The fraction of sp³-hybridized carbons (Fsp3) is 0.231. The second-order valence-electron chi connectivity index (χ2n) is 3.61. The molecule has 0 aromatic heterocycles. The molecule has 0 aliphatic rings. The zero-order valence-electron chi connectivity index (χ0n) is 9.27. The molecule has 0 spiro atoms. The maximum absolute atomic E-state index is 10.8. The second-order valence-corrected chi connectivity index (χ2v) is 3.61. The minimum atomic E-state index is -1.16. The SMILES string of the molecule is C/C(=C(\C#N)C(=O)O)C(C)c1ccccc1. The van der Waals surface area contributed by atoms with Crippen LogP contribution in [0.4, 0.5) is 0 Å². The molecule has 0 bridgehead atoms. The molecule has 1 N–H and O–H groups in total. The fourth-order valence-electron chi connectivity index (χ4n) is 1.51. The fourth-order valence-corrected chi connectivity index (χ4v) is 1.51. The van der Waals surface area contributed by atoms with Gasteiger partial charge in [-0.05, 0) is 18.1 Å². The van der Waals surface area contributed by atoms with Crippen molar-refractivity contribution in [1.29, 1.82) is 5.26 Å². The summed E-state index contributed by atoms with van der Waals surface area (Å²) in [5, 5.41) is 17.6. The molecule has 3 heteroatoms. The van der Waals surface area contributed by atoms with Crippen LogP contribution in [0.3, 0.4) is 0 Å². The number of nitrogens with zero attached hydrogens (tertiary/aromatic N) is 1. The lowest BCUT2D eigenvalue weighted by Crippen LogP contribution is -2.06. The van der Waals surface area contributed by atoms with Crippen molar-refractivity contribution in [2.45, 2.75) is 19.8 Å². The number of carbonyl (C=O) groups is 1. The Hall–Kier alpha value is -2.08. The predicted octanol–water partition coefficient (Wildman–Crippen LogP) is 2.71. The van der Waals surface area contributed by atoms with E-state index in [-0.39, 0.29) is 11.5 Å². The van der Waals surface area contributed by atoms with Gasteiger partial charge in [-0.3, -0.25) is 0 Å². The van der Waals surface area contributed by atoms with Gasteiger partial charge in [0.25, 0.3) is 0 Å². The molecule has 1 atom stereocenters.